The second kappa shape index (κ2) is 7.58. The van der Waals surface area contributed by atoms with Crippen LogP contribution in [0.15, 0.2) is 0 Å². The number of hydrogen-bond acceptors (Lipinski definition) is 6. The first kappa shape index (κ1) is 14.3. The van der Waals surface area contributed by atoms with Gasteiger partial charge in [-0.05, 0) is 14.1 Å². The molecule has 0 spiro atoms. The average Bonchev–Trinajstić information content (AvgIpc) is 2.71. The maximum atomic E-state index is 5.47. The van der Waals surface area contributed by atoms with Gasteiger partial charge < -0.3 is 15.0 Å². The summed E-state index contributed by atoms with van der Waals surface area (Å²) in [6.45, 7) is 7.38. The Morgan fingerprint density at radius 2 is 2.12 bits per heavy atom. The summed E-state index contributed by atoms with van der Waals surface area (Å²) in [6.07, 6.45) is 0. The second-order valence-electron chi connectivity index (χ2n) is 4.45. The van der Waals surface area contributed by atoms with Crippen LogP contribution >= 0.6 is 11.5 Å². The molecule has 1 aromatic rings. The summed E-state index contributed by atoms with van der Waals surface area (Å²) in [5.41, 5.74) is 0. The van der Waals surface area contributed by atoms with Gasteiger partial charge >= 0.3 is 0 Å². The van der Waals surface area contributed by atoms with Gasteiger partial charge in [0.1, 0.15) is 5.82 Å². The minimum atomic E-state index is 0.387. The Labute approximate surface area is 107 Å². The third-order valence-corrected chi connectivity index (χ3v) is 2.85. The zero-order valence-corrected chi connectivity index (χ0v) is 11.9. The van der Waals surface area contributed by atoms with Gasteiger partial charge in [-0.3, -0.25) is 0 Å². The number of nitrogens with zero attached hydrogens (tertiary/aromatic N) is 3. The first-order valence-electron chi connectivity index (χ1n) is 5.89. The minimum absolute atomic E-state index is 0.387. The van der Waals surface area contributed by atoms with E-state index in [-0.39, 0.29) is 0 Å². The van der Waals surface area contributed by atoms with Crippen molar-refractivity contribution in [3.8, 4) is 0 Å². The molecule has 0 bridgehead atoms. The summed E-state index contributed by atoms with van der Waals surface area (Å²) in [6, 6.07) is 0. The Bertz CT molecular complexity index is 314. The Morgan fingerprint density at radius 1 is 1.35 bits per heavy atom. The van der Waals surface area contributed by atoms with Crippen LogP contribution in [0, 0.1) is 0 Å². The van der Waals surface area contributed by atoms with Gasteiger partial charge in [-0.15, -0.1) is 0 Å². The largest absolute Gasteiger partial charge is 0.378 e. The summed E-state index contributed by atoms with van der Waals surface area (Å²) in [4.78, 5) is 6.49. The molecule has 0 atom stereocenters. The normalized spacial score (nSPS) is 11.4. The summed E-state index contributed by atoms with van der Waals surface area (Å²) in [5.74, 6) is 1.30. The number of anilines is 1. The van der Waals surface area contributed by atoms with Crippen molar-refractivity contribution in [2.45, 2.75) is 19.8 Å². The number of nitrogens with one attached hydrogen (secondary N) is 1. The highest BCUT2D eigenvalue weighted by atomic mass is 32.1. The molecule has 0 unspecified atom stereocenters. The first-order valence-corrected chi connectivity index (χ1v) is 6.67. The highest BCUT2D eigenvalue weighted by Crippen LogP contribution is 2.16. The SMILES string of the molecule is CC(C)c1nsc(NCCOCCN(C)C)n1. The highest BCUT2D eigenvalue weighted by Gasteiger charge is 2.06. The van der Waals surface area contributed by atoms with E-state index in [0.29, 0.717) is 12.5 Å². The Hall–Kier alpha value is -0.720. The maximum absolute atomic E-state index is 5.47. The Kier molecular flexibility index (Phi) is 6.39. The molecule has 5 nitrogen and oxygen atoms in total. The first-order chi connectivity index (χ1) is 8.09. The maximum Gasteiger partial charge on any atom is 0.202 e. The number of ether oxygens (including phenoxy) is 1. The van der Waals surface area contributed by atoms with Gasteiger partial charge in [-0.25, -0.2) is 4.98 Å². The molecule has 1 N–H and O–H groups in total. The lowest BCUT2D eigenvalue weighted by molar-refractivity contribution is 0.126. The minimum Gasteiger partial charge on any atom is -0.378 e. The predicted molar refractivity (Wildman–Crippen MR) is 71.9 cm³/mol. The van der Waals surface area contributed by atoms with E-state index in [9.17, 15) is 0 Å². The molecule has 1 aromatic heterocycles. The summed E-state index contributed by atoms with van der Waals surface area (Å²) >= 11 is 1.41. The number of aromatic nitrogens is 2. The van der Waals surface area contributed by atoms with Crippen LogP contribution in [0.4, 0.5) is 5.13 Å². The van der Waals surface area contributed by atoms with Crippen molar-refractivity contribution in [1.82, 2.24) is 14.3 Å². The van der Waals surface area contributed by atoms with E-state index >= 15 is 0 Å². The van der Waals surface area contributed by atoms with Gasteiger partial charge in [0, 0.05) is 30.5 Å². The predicted octanol–water partition coefficient (Wildman–Crippen LogP) is 1.65. The van der Waals surface area contributed by atoms with Crippen molar-refractivity contribution >= 4 is 16.7 Å². The van der Waals surface area contributed by atoms with Crippen molar-refractivity contribution in [2.24, 2.45) is 0 Å². The van der Waals surface area contributed by atoms with Crippen LogP contribution in [0.5, 0.6) is 0 Å². The number of hydrogen-bond donors (Lipinski definition) is 1. The molecule has 98 valence electrons. The van der Waals surface area contributed by atoms with Crippen LogP contribution in [0.1, 0.15) is 25.6 Å². The quantitative estimate of drug-likeness (QED) is 0.719. The Balaban J connectivity index is 2.09. The molecular weight excluding hydrogens is 236 g/mol. The fourth-order valence-corrected chi connectivity index (χ4v) is 1.85. The van der Waals surface area contributed by atoms with Crippen molar-refractivity contribution in [2.75, 3.05) is 45.7 Å². The van der Waals surface area contributed by atoms with Crippen molar-refractivity contribution < 1.29 is 4.74 Å². The standard InChI is InChI=1S/C11H22N4OS/c1-9(2)10-13-11(17-14-10)12-5-7-16-8-6-15(3)4/h9H,5-8H2,1-4H3,(H,12,13,14). The van der Waals surface area contributed by atoms with Gasteiger partial charge in [0.15, 0.2) is 0 Å². The van der Waals surface area contributed by atoms with E-state index in [0.717, 1.165) is 30.7 Å². The van der Waals surface area contributed by atoms with Crippen LogP contribution in [-0.2, 0) is 4.74 Å². The lowest BCUT2D eigenvalue weighted by atomic mass is 10.2. The third-order valence-electron chi connectivity index (χ3n) is 2.16. The van der Waals surface area contributed by atoms with E-state index in [1.165, 1.54) is 11.5 Å². The van der Waals surface area contributed by atoms with Crippen LogP contribution in [0.2, 0.25) is 0 Å². The van der Waals surface area contributed by atoms with E-state index in [2.05, 4.69) is 33.4 Å². The van der Waals surface area contributed by atoms with Gasteiger partial charge in [-0.2, -0.15) is 4.37 Å². The molecule has 0 radical (unpaired) electrons. The molecule has 0 fully saturated rings. The molecule has 0 aromatic carbocycles. The summed E-state index contributed by atoms with van der Waals surface area (Å²) in [7, 11) is 4.08. The number of rotatable bonds is 8. The Morgan fingerprint density at radius 3 is 2.71 bits per heavy atom. The molecule has 0 saturated heterocycles. The van der Waals surface area contributed by atoms with E-state index in [1.54, 1.807) is 0 Å². The van der Waals surface area contributed by atoms with Crippen LogP contribution < -0.4 is 5.32 Å². The smallest absolute Gasteiger partial charge is 0.202 e. The highest BCUT2D eigenvalue weighted by molar-refractivity contribution is 7.09. The van der Waals surface area contributed by atoms with Crippen molar-refractivity contribution in [1.29, 1.82) is 0 Å². The van der Waals surface area contributed by atoms with E-state index in [1.807, 2.05) is 14.1 Å². The fourth-order valence-electron chi connectivity index (χ4n) is 1.12. The molecule has 0 aliphatic rings. The molecular formula is C11H22N4OS. The third kappa shape index (κ3) is 5.95. The molecule has 6 heteroatoms. The van der Waals surface area contributed by atoms with E-state index in [4.69, 9.17) is 4.74 Å². The van der Waals surface area contributed by atoms with Crippen LogP contribution in [0.25, 0.3) is 0 Å². The van der Waals surface area contributed by atoms with Gasteiger partial charge in [0.25, 0.3) is 0 Å². The molecule has 17 heavy (non-hydrogen) atoms. The average molecular weight is 258 g/mol. The molecule has 0 aliphatic carbocycles. The monoisotopic (exact) mass is 258 g/mol. The summed E-state index contributed by atoms with van der Waals surface area (Å²) < 4.78 is 9.75. The second-order valence-corrected chi connectivity index (χ2v) is 5.21. The molecule has 0 saturated carbocycles. The zero-order chi connectivity index (χ0) is 12.7. The topological polar surface area (TPSA) is 50.3 Å². The fraction of sp³-hybridized carbons (Fsp3) is 0.818. The lowest BCUT2D eigenvalue weighted by Crippen LogP contribution is -2.20. The van der Waals surface area contributed by atoms with E-state index < -0.39 is 0 Å². The van der Waals surface area contributed by atoms with Crippen molar-refractivity contribution in [3.05, 3.63) is 5.82 Å². The van der Waals surface area contributed by atoms with Gasteiger partial charge in [0.05, 0.1) is 13.2 Å². The molecule has 0 aliphatic heterocycles. The van der Waals surface area contributed by atoms with Gasteiger partial charge in [-0.1, -0.05) is 13.8 Å². The molecule has 0 amide bonds. The lowest BCUT2D eigenvalue weighted by Gasteiger charge is -2.09. The van der Waals surface area contributed by atoms with Crippen LogP contribution in [0.3, 0.4) is 0 Å². The van der Waals surface area contributed by atoms with Crippen molar-refractivity contribution in [3.63, 3.8) is 0 Å². The summed E-state index contributed by atoms with van der Waals surface area (Å²) in [5, 5.41) is 4.09. The molecule has 1 rings (SSSR count). The number of likely N-dealkylation sites (N-methyl/N-ethyl adjacent to an activating group) is 1. The molecule has 1 heterocycles. The zero-order valence-electron chi connectivity index (χ0n) is 11.1. The van der Waals surface area contributed by atoms with Gasteiger partial charge in [0.2, 0.25) is 5.13 Å². The van der Waals surface area contributed by atoms with Crippen LogP contribution in [-0.4, -0.2) is 54.7 Å².